The summed E-state index contributed by atoms with van der Waals surface area (Å²) < 4.78 is 2.23. The third-order valence-corrected chi connectivity index (χ3v) is 5.18. The average Bonchev–Trinajstić information content (AvgIpc) is 3.39. The van der Waals surface area contributed by atoms with Gasteiger partial charge in [0.2, 0.25) is 0 Å². The summed E-state index contributed by atoms with van der Waals surface area (Å²) in [7, 11) is 2.10. The Morgan fingerprint density at radius 1 is 0.778 bits per heavy atom. The van der Waals surface area contributed by atoms with E-state index in [9.17, 15) is 0 Å². The largest absolute Gasteiger partial charge is 0.355 e. The van der Waals surface area contributed by atoms with Gasteiger partial charge >= 0.3 is 0 Å². The number of aryl methyl sites for hydroxylation is 3. The van der Waals surface area contributed by atoms with Gasteiger partial charge < -0.3 is 9.55 Å². The second-order valence-corrected chi connectivity index (χ2v) is 7.14. The highest BCUT2D eigenvalue weighted by molar-refractivity contribution is 5.80. The van der Waals surface area contributed by atoms with Crippen molar-refractivity contribution >= 4 is 46.4 Å². The predicted octanol–water partition coefficient (Wildman–Crippen LogP) is 5.28. The van der Waals surface area contributed by atoms with Crippen LogP contribution in [0.25, 0.3) is 46.4 Å². The van der Waals surface area contributed by atoms with E-state index in [0.717, 1.165) is 39.3 Å². The predicted molar refractivity (Wildman–Crippen MR) is 113 cm³/mol. The number of aromatic amines is 1. The number of nitrogens with one attached hydrogen (secondary N) is 1. The number of fused-ring (bicyclic) bond motifs is 8. The van der Waals surface area contributed by atoms with E-state index in [-0.39, 0.29) is 0 Å². The van der Waals surface area contributed by atoms with Crippen molar-refractivity contribution in [1.82, 2.24) is 19.5 Å². The van der Waals surface area contributed by atoms with Gasteiger partial charge in [-0.1, -0.05) is 0 Å². The maximum absolute atomic E-state index is 4.82. The van der Waals surface area contributed by atoms with E-state index in [0.29, 0.717) is 0 Å². The van der Waals surface area contributed by atoms with Crippen LogP contribution in [0.5, 0.6) is 0 Å². The lowest BCUT2D eigenvalue weighted by atomic mass is 10.1. The Hall–Kier alpha value is -3.40. The number of rotatable bonds is 0. The lowest BCUT2D eigenvalue weighted by molar-refractivity contribution is 0.999. The van der Waals surface area contributed by atoms with Gasteiger partial charge in [-0.25, -0.2) is 9.97 Å². The molecule has 0 fully saturated rings. The number of hydrogen-bond acceptors (Lipinski definition) is 2. The fourth-order valence-corrected chi connectivity index (χ4v) is 3.88. The van der Waals surface area contributed by atoms with Crippen LogP contribution in [0.2, 0.25) is 0 Å². The summed E-state index contributed by atoms with van der Waals surface area (Å²) >= 11 is 0. The smallest absolute Gasteiger partial charge is 0.0687 e. The van der Waals surface area contributed by atoms with Crippen LogP contribution in [0.15, 0.2) is 36.4 Å². The fourth-order valence-electron chi connectivity index (χ4n) is 3.88. The Balaban J connectivity index is 1.94. The van der Waals surface area contributed by atoms with Crippen LogP contribution >= 0.6 is 0 Å². The van der Waals surface area contributed by atoms with Crippen molar-refractivity contribution in [2.75, 3.05) is 0 Å². The zero-order valence-electron chi connectivity index (χ0n) is 15.6. The van der Waals surface area contributed by atoms with Crippen molar-refractivity contribution < 1.29 is 0 Å². The van der Waals surface area contributed by atoms with Crippen molar-refractivity contribution in [2.24, 2.45) is 7.05 Å². The van der Waals surface area contributed by atoms with Crippen molar-refractivity contribution in [2.45, 2.75) is 13.8 Å². The first-order valence-corrected chi connectivity index (χ1v) is 9.08. The van der Waals surface area contributed by atoms with Crippen molar-refractivity contribution in [3.63, 3.8) is 0 Å². The lowest BCUT2D eigenvalue weighted by Gasteiger charge is -2.02. The quantitative estimate of drug-likeness (QED) is 0.412. The third kappa shape index (κ3) is 2.70. The Morgan fingerprint density at radius 2 is 1.41 bits per heavy atom. The summed E-state index contributed by atoms with van der Waals surface area (Å²) in [6, 6.07) is 12.6. The van der Waals surface area contributed by atoms with Gasteiger partial charge in [0, 0.05) is 29.1 Å². The average molecular weight is 352 g/mol. The monoisotopic (exact) mass is 352 g/mol. The first-order valence-electron chi connectivity index (χ1n) is 9.08. The van der Waals surface area contributed by atoms with Crippen molar-refractivity contribution in [3.05, 3.63) is 70.3 Å². The maximum Gasteiger partial charge on any atom is 0.0687 e. The number of H-pyrrole nitrogens is 1. The molecule has 3 aromatic heterocycles. The van der Waals surface area contributed by atoms with Crippen LogP contribution in [-0.4, -0.2) is 19.5 Å². The molecule has 4 nitrogen and oxygen atoms in total. The van der Waals surface area contributed by atoms with E-state index in [2.05, 4.69) is 85.1 Å². The summed E-state index contributed by atoms with van der Waals surface area (Å²) in [6.07, 6.45) is 8.27. The van der Waals surface area contributed by atoms with Gasteiger partial charge in [-0.05, 0) is 85.7 Å². The van der Waals surface area contributed by atoms with E-state index < -0.39 is 0 Å². The summed E-state index contributed by atoms with van der Waals surface area (Å²) in [5.41, 5.74) is 10.7. The molecule has 3 aromatic rings. The summed E-state index contributed by atoms with van der Waals surface area (Å²) in [4.78, 5) is 13.0. The van der Waals surface area contributed by atoms with Gasteiger partial charge in [0.25, 0.3) is 0 Å². The molecular weight excluding hydrogens is 332 g/mol. The topological polar surface area (TPSA) is 46.5 Å². The van der Waals surface area contributed by atoms with Crippen LogP contribution in [0.3, 0.4) is 0 Å². The van der Waals surface area contributed by atoms with Crippen molar-refractivity contribution in [3.8, 4) is 0 Å². The van der Waals surface area contributed by atoms with Crippen LogP contribution < -0.4 is 0 Å². The molecule has 132 valence electrons. The molecule has 5 rings (SSSR count). The SMILES string of the molecule is Cc1cc2cc3nc(cc4ccc(cc5nc(c(C)c1n2C)C=C5)[nH]4)C=C3. The standard InChI is InChI=1S/C23H20N4/c1-14-10-21-13-20-7-6-17(25-20)11-16-4-5-18(24-16)12-19-8-9-22(26-19)15(2)23(14)27(21)3/h4-13,24H,1-3H3. The van der Waals surface area contributed by atoms with Crippen LogP contribution in [0.1, 0.15) is 33.9 Å². The highest BCUT2D eigenvalue weighted by Gasteiger charge is 2.09. The lowest BCUT2D eigenvalue weighted by Crippen LogP contribution is -1.91. The Morgan fingerprint density at radius 3 is 2.15 bits per heavy atom. The molecule has 1 N–H and O–H groups in total. The third-order valence-electron chi connectivity index (χ3n) is 5.18. The molecule has 2 aliphatic rings. The number of aromatic nitrogens is 4. The second-order valence-electron chi connectivity index (χ2n) is 7.14. The van der Waals surface area contributed by atoms with Gasteiger partial charge in [0.15, 0.2) is 0 Å². The highest BCUT2D eigenvalue weighted by atomic mass is 14.9. The zero-order valence-corrected chi connectivity index (χ0v) is 15.6. The molecule has 0 aliphatic carbocycles. The minimum absolute atomic E-state index is 0.948. The van der Waals surface area contributed by atoms with E-state index >= 15 is 0 Å². The van der Waals surface area contributed by atoms with Gasteiger partial charge in [0.1, 0.15) is 0 Å². The van der Waals surface area contributed by atoms with Gasteiger partial charge in [-0.2, -0.15) is 0 Å². The molecule has 0 amide bonds. The Kier molecular flexibility index (Phi) is 3.41. The number of nitrogens with zero attached hydrogens (tertiary/aromatic N) is 3. The first-order chi connectivity index (χ1) is 13.1. The van der Waals surface area contributed by atoms with E-state index in [1.165, 1.54) is 16.6 Å². The maximum atomic E-state index is 4.82. The summed E-state index contributed by atoms with van der Waals surface area (Å²) in [6.45, 7) is 4.29. The second kappa shape index (κ2) is 5.81. The highest BCUT2D eigenvalue weighted by Crippen LogP contribution is 2.24. The first kappa shape index (κ1) is 15.8. The van der Waals surface area contributed by atoms with E-state index in [1.807, 2.05) is 6.08 Å². The molecule has 0 aromatic carbocycles. The summed E-state index contributed by atoms with van der Waals surface area (Å²) in [5.74, 6) is 0. The van der Waals surface area contributed by atoms with Gasteiger partial charge in [-0.3, -0.25) is 0 Å². The molecule has 27 heavy (non-hydrogen) atoms. The van der Waals surface area contributed by atoms with E-state index in [1.54, 1.807) is 0 Å². The Labute approximate surface area is 157 Å². The van der Waals surface area contributed by atoms with E-state index in [4.69, 9.17) is 9.97 Å². The molecule has 0 unspecified atom stereocenters. The molecule has 4 heteroatoms. The molecule has 0 spiro atoms. The molecule has 2 aliphatic heterocycles. The number of hydrogen-bond donors (Lipinski definition) is 1. The minimum atomic E-state index is 0.948. The molecule has 0 saturated heterocycles. The van der Waals surface area contributed by atoms with Gasteiger partial charge in [0.05, 0.1) is 22.8 Å². The molecule has 5 heterocycles. The molecule has 8 bridgehead atoms. The normalized spacial score (nSPS) is 12.7. The molecule has 0 atom stereocenters. The molecule has 0 radical (unpaired) electrons. The zero-order chi connectivity index (χ0) is 18.5. The Bertz CT molecular complexity index is 1300. The molecule has 0 saturated carbocycles. The van der Waals surface area contributed by atoms with Gasteiger partial charge in [-0.15, -0.1) is 0 Å². The van der Waals surface area contributed by atoms with Crippen molar-refractivity contribution in [1.29, 1.82) is 0 Å². The van der Waals surface area contributed by atoms with Crippen LogP contribution in [0.4, 0.5) is 0 Å². The van der Waals surface area contributed by atoms with Crippen LogP contribution in [-0.2, 0) is 7.05 Å². The fraction of sp³-hybridized carbons (Fsp3) is 0.130. The van der Waals surface area contributed by atoms with Crippen LogP contribution in [0, 0.1) is 13.8 Å². The summed E-state index contributed by atoms with van der Waals surface area (Å²) in [5, 5.41) is 0. The minimum Gasteiger partial charge on any atom is -0.355 e. The molecular formula is C23H20N4.